The highest BCUT2D eigenvalue weighted by Crippen LogP contribution is 2.27. The van der Waals surface area contributed by atoms with Crippen LogP contribution in [-0.4, -0.2) is 20.6 Å². The zero-order valence-corrected chi connectivity index (χ0v) is 15.4. The predicted octanol–water partition coefficient (Wildman–Crippen LogP) is 4.30. The molecule has 0 saturated heterocycles. The van der Waals surface area contributed by atoms with E-state index in [2.05, 4.69) is 9.98 Å². The molecule has 5 nitrogen and oxygen atoms in total. The molecule has 27 heavy (non-hydrogen) atoms. The Labute approximate surface area is 160 Å². The maximum Gasteiger partial charge on any atom is 0.267 e. The molecule has 3 aromatic heterocycles. The molecule has 0 amide bonds. The van der Waals surface area contributed by atoms with Crippen molar-refractivity contribution < 1.29 is 0 Å². The van der Waals surface area contributed by atoms with Crippen molar-refractivity contribution in [3.8, 4) is 0 Å². The molecule has 0 fully saturated rings. The van der Waals surface area contributed by atoms with E-state index in [1.165, 1.54) is 11.8 Å². The minimum absolute atomic E-state index is 0.151. The van der Waals surface area contributed by atoms with E-state index in [4.69, 9.17) is 4.98 Å². The number of benzene rings is 1. The first-order valence-corrected chi connectivity index (χ1v) is 9.24. The second-order valence-corrected chi connectivity index (χ2v) is 6.94. The molecular formula is C21H16N4OS. The number of nitrogens with zero attached hydrogens (tertiary/aromatic N) is 4. The molecule has 0 atom stereocenters. The number of aromatic nitrogens is 3. The van der Waals surface area contributed by atoms with Crippen LogP contribution in [-0.2, 0) is 0 Å². The van der Waals surface area contributed by atoms with E-state index in [1.54, 1.807) is 29.1 Å². The Balaban J connectivity index is 1.89. The normalized spacial score (nSPS) is 11.3. The van der Waals surface area contributed by atoms with E-state index in [-0.39, 0.29) is 5.56 Å². The largest absolute Gasteiger partial charge is 0.268 e. The van der Waals surface area contributed by atoms with E-state index >= 15 is 0 Å². The Hall–Kier alpha value is -3.25. The smallest absolute Gasteiger partial charge is 0.267 e. The maximum atomic E-state index is 13.1. The fraction of sp³-hybridized carbons (Fsp3) is 0.0476. The van der Waals surface area contributed by atoms with Crippen LogP contribution in [0, 0.1) is 6.92 Å². The van der Waals surface area contributed by atoms with E-state index in [0.29, 0.717) is 22.1 Å². The molecule has 0 aliphatic rings. The van der Waals surface area contributed by atoms with Crippen LogP contribution < -0.4 is 5.56 Å². The lowest BCUT2D eigenvalue weighted by Gasteiger charge is -2.09. The van der Waals surface area contributed by atoms with Crippen molar-refractivity contribution in [2.45, 2.75) is 16.8 Å². The van der Waals surface area contributed by atoms with Gasteiger partial charge in [0, 0.05) is 23.5 Å². The van der Waals surface area contributed by atoms with Gasteiger partial charge in [0.1, 0.15) is 10.7 Å². The Morgan fingerprint density at radius 3 is 2.63 bits per heavy atom. The Morgan fingerprint density at radius 1 is 1.04 bits per heavy atom. The minimum atomic E-state index is -0.151. The van der Waals surface area contributed by atoms with Crippen molar-refractivity contribution in [3.63, 3.8) is 0 Å². The minimum Gasteiger partial charge on any atom is -0.268 e. The first-order valence-electron chi connectivity index (χ1n) is 8.42. The molecule has 4 aromatic rings. The second-order valence-electron chi connectivity index (χ2n) is 5.88. The molecule has 6 heteroatoms. The van der Waals surface area contributed by atoms with Crippen LogP contribution >= 0.6 is 11.8 Å². The molecule has 0 N–H and O–H groups in total. The van der Waals surface area contributed by atoms with Crippen molar-refractivity contribution in [3.05, 3.63) is 94.5 Å². The highest BCUT2D eigenvalue weighted by atomic mass is 32.2. The fourth-order valence-electron chi connectivity index (χ4n) is 2.64. The van der Waals surface area contributed by atoms with Crippen LogP contribution in [0.3, 0.4) is 0 Å². The quantitative estimate of drug-likeness (QED) is 0.396. The third-order valence-corrected chi connectivity index (χ3v) is 4.99. The van der Waals surface area contributed by atoms with Gasteiger partial charge < -0.3 is 0 Å². The summed E-state index contributed by atoms with van der Waals surface area (Å²) in [5.41, 5.74) is 1.88. The highest BCUT2D eigenvalue weighted by Gasteiger charge is 2.14. The van der Waals surface area contributed by atoms with Gasteiger partial charge in [0.05, 0.1) is 5.56 Å². The van der Waals surface area contributed by atoms with Crippen molar-refractivity contribution >= 4 is 29.4 Å². The van der Waals surface area contributed by atoms with Crippen molar-refractivity contribution in [1.82, 2.24) is 14.4 Å². The number of fused-ring (bicyclic) bond motifs is 1. The summed E-state index contributed by atoms with van der Waals surface area (Å²) >= 11 is 1.45. The number of hydrogen-bond donors (Lipinski definition) is 0. The van der Waals surface area contributed by atoms with Gasteiger partial charge in [0.25, 0.3) is 5.56 Å². The van der Waals surface area contributed by atoms with Gasteiger partial charge >= 0.3 is 0 Å². The summed E-state index contributed by atoms with van der Waals surface area (Å²) in [6.45, 7) is 1.94. The molecule has 0 aliphatic carbocycles. The summed E-state index contributed by atoms with van der Waals surface area (Å²) < 4.78 is 1.56. The number of aliphatic imine (C=N–C) groups is 1. The third kappa shape index (κ3) is 3.66. The second kappa shape index (κ2) is 7.55. The number of hydrogen-bond acceptors (Lipinski definition) is 5. The lowest BCUT2D eigenvalue weighted by Crippen LogP contribution is -2.21. The topological polar surface area (TPSA) is 59.6 Å². The Kier molecular flexibility index (Phi) is 4.80. The molecule has 1 aromatic carbocycles. The molecule has 0 radical (unpaired) electrons. The SMILES string of the molecule is Cc1cccn2c(=O)c(/C=N/c3ccccn3)c(Sc3ccccc3)nc12. The van der Waals surface area contributed by atoms with Crippen molar-refractivity contribution in [1.29, 1.82) is 0 Å². The van der Waals surface area contributed by atoms with Crippen LogP contribution in [0.2, 0.25) is 0 Å². The average Bonchev–Trinajstić information content (AvgIpc) is 2.70. The molecule has 0 bridgehead atoms. The summed E-state index contributed by atoms with van der Waals surface area (Å²) in [6.07, 6.45) is 4.95. The van der Waals surface area contributed by atoms with E-state index in [0.717, 1.165) is 10.5 Å². The standard InChI is InChI=1S/C21H16N4OS/c1-15-8-7-13-25-19(15)24-20(27-16-9-3-2-4-10-16)17(21(25)26)14-23-18-11-5-6-12-22-18/h2-14H,1H3/b23-14+. The third-order valence-electron chi connectivity index (χ3n) is 3.98. The van der Waals surface area contributed by atoms with Crippen LogP contribution in [0.1, 0.15) is 11.1 Å². The average molecular weight is 372 g/mol. The maximum absolute atomic E-state index is 13.1. The summed E-state index contributed by atoms with van der Waals surface area (Å²) in [4.78, 5) is 27.4. The van der Waals surface area contributed by atoms with Gasteiger partial charge in [0.2, 0.25) is 0 Å². The lowest BCUT2D eigenvalue weighted by molar-refractivity contribution is 0.968. The zero-order valence-electron chi connectivity index (χ0n) is 14.6. The molecule has 4 rings (SSSR count). The summed E-state index contributed by atoms with van der Waals surface area (Å²) in [7, 11) is 0. The predicted molar refractivity (Wildman–Crippen MR) is 108 cm³/mol. The van der Waals surface area contributed by atoms with Crippen LogP contribution in [0.15, 0.2) is 92.8 Å². The van der Waals surface area contributed by atoms with Gasteiger partial charge in [0.15, 0.2) is 5.82 Å². The Morgan fingerprint density at radius 2 is 1.85 bits per heavy atom. The first kappa shape index (κ1) is 17.2. The van der Waals surface area contributed by atoms with E-state index in [1.807, 2.05) is 61.5 Å². The molecule has 132 valence electrons. The Bertz CT molecular complexity index is 1170. The van der Waals surface area contributed by atoms with Crippen molar-refractivity contribution in [2.24, 2.45) is 4.99 Å². The fourth-order valence-corrected chi connectivity index (χ4v) is 3.54. The monoisotopic (exact) mass is 372 g/mol. The first-order chi connectivity index (χ1) is 13.2. The number of aryl methyl sites for hydroxylation is 1. The van der Waals surface area contributed by atoms with Gasteiger partial charge in [-0.1, -0.05) is 42.1 Å². The number of rotatable bonds is 4. The van der Waals surface area contributed by atoms with Crippen LogP contribution in [0.4, 0.5) is 5.82 Å². The molecule has 0 saturated carbocycles. The van der Waals surface area contributed by atoms with Gasteiger partial charge in [-0.15, -0.1) is 0 Å². The van der Waals surface area contributed by atoms with Gasteiger partial charge in [-0.05, 0) is 42.8 Å². The van der Waals surface area contributed by atoms with Gasteiger partial charge in [-0.3, -0.25) is 9.20 Å². The molecular weight excluding hydrogens is 356 g/mol. The number of pyridine rings is 2. The van der Waals surface area contributed by atoms with Gasteiger partial charge in [-0.25, -0.2) is 15.0 Å². The summed E-state index contributed by atoms with van der Waals surface area (Å²) in [5.74, 6) is 0.543. The highest BCUT2D eigenvalue weighted by molar-refractivity contribution is 7.99. The molecule has 0 spiro atoms. The molecule has 3 heterocycles. The molecule has 0 unspecified atom stereocenters. The van der Waals surface area contributed by atoms with Crippen LogP contribution in [0.5, 0.6) is 0 Å². The van der Waals surface area contributed by atoms with Gasteiger partial charge in [-0.2, -0.15) is 0 Å². The van der Waals surface area contributed by atoms with E-state index < -0.39 is 0 Å². The van der Waals surface area contributed by atoms with Crippen molar-refractivity contribution in [2.75, 3.05) is 0 Å². The van der Waals surface area contributed by atoms with E-state index in [9.17, 15) is 4.79 Å². The molecule has 0 aliphatic heterocycles. The summed E-state index contributed by atoms with van der Waals surface area (Å²) in [5, 5.41) is 0.625. The van der Waals surface area contributed by atoms with Crippen LogP contribution in [0.25, 0.3) is 5.65 Å². The zero-order chi connectivity index (χ0) is 18.6. The lowest BCUT2D eigenvalue weighted by atomic mass is 10.2. The summed E-state index contributed by atoms with van der Waals surface area (Å²) in [6, 6.07) is 19.1.